The molecule has 1 aromatic heterocycles. The Bertz CT molecular complexity index is 836. The van der Waals surface area contributed by atoms with Crippen LogP contribution in [0.15, 0.2) is 32.9 Å². The minimum Gasteiger partial charge on any atom is -0.308 e. The highest BCUT2D eigenvalue weighted by Crippen LogP contribution is 2.34. The summed E-state index contributed by atoms with van der Waals surface area (Å²) < 4.78 is 23.6. The average Bonchev–Trinajstić information content (AvgIpc) is 3.09. The smallest absolute Gasteiger partial charge is 0.238 e. The third-order valence-corrected chi connectivity index (χ3v) is 6.28. The lowest BCUT2D eigenvalue weighted by Crippen LogP contribution is -2.36. The number of nitrogens with two attached hydrogens (primary N) is 1. The number of benzene rings is 1. The lowest BCUT2D eigenvalue weighted by Gasteiger charge is -2.22. The van der Waals surface area contributed by atoms with E-state index < -0.39 is 10.0 Å². The van der Waals surface area contributed by atoms with Crippen molar-refractivity contribution in [2.24, 2.45) is 5.14 Å². The van der Waals surface area contributed by atoms with Crippen LogP contribution in [-0.4, -0.2) is 36.3 Å². The maximum absolute atomic E-state index is 12.5. The van der Waals surface area contributed by atoms with Crippen LogP contribution in [0.3, 0.4) is 0 Å². The molecule has 0 fully saturated rings. The Morgan fingerprint density at radius 2 is 2.30 bits per heavy atom. The van der Waals surface area contributed by atoms with Gasteiger partial charge in [-0.3, -0.25) is 4.79 Å². The molecule has 2 aromatic rings. The number of aromatic nitrogens is 2. The van der Waals surface area contributed by atoms with Crippen LogP contribution in [0.5, 0.6) is 0 Å². The van der Waals surface area contributed by atoms with Crippen molar-refractivity contribution in [1.82, 2.24) is 10.2 Å². The normalized spacial score (nSPS) is 17.3. The molecule has 0 spiro atoms. The molecule has 0 saturated heterocycles. The molecular weight excluding hydrogens is 356 g/mol. The summed E-state index contributed by atoms with van der Waals surface area (Å²) in [5.74, 6) is 0.218. The lowest BCUT2D eigenvalue weighted by atomic mass is 10.1. The summed E-state index contributed by atoms with van der Waals surface area (Å²) in [4.78, 5) is 14.3. The van der Waals surface area contributed by atoms with Crippen molar-refractivity contribution >= 4 is 44.7 Å². The highest BCUT2D eigenvalue weighted by atomic mass is 32.2. The molecule has 0 bridgehead atoms. The molecule has 2 heterocycles. The molecule has 0 aliphatic carbocycles. The highest BCUT2D eigenvalue weighted by Gasteiger charge is 2.31. The topological polar surface area (TPSA) is 106 Å². The Hall–Kier alpha value is -1.49. The Balaban J connectivity index is 1.81. The van der Waals surface area contributed by atoms with Gasteiger partial charge in [-0.2, -0.15) is 0 Å². The summed E-state index contributed by atoms with van der Waals surface area (Å²) in [5.41, 5.74) is 3.18. The number of sulfonamides is 1. The van der Waals surface area contributed by atoms with Crippen LogP contribution in [0.25, 0.3) is 0 Å². The number of rotatable bonds is 4. The predicted molar refractivity (Wildman–Crippen MR) is 89.1 cm³/mol. The molecule has 1 amide bonds. The van der Waals surface area contributed by atoms with Crippen molar-refractivity contribution in [3.8, 4) is 0 Å². The minimum atomic E-state index is -3.74. The maximum Gasteiger partial charge on any atom is 0.238 e. The number of amides is 1. The van der Waals surface area contributed by atoms with Crippen molar-refractivity contribution in [2.75, 3.05) is 10.7 Å². The van der Waals surface area contributed by atoms with Crippen LogP contribution in [0.2, 0.25) is 0 Å². The molecular formula is C13H14N4O3S3. The van der Waals surface area contributed by atoms with Gasteiger partial charge in [0.1, 0.15) is 5.51 Å². The van der Waals surface area contributed by atoms with E-state index in [0.29, 0.717) is 6.42 Å². The standard InChI is InChI=1S/C13H14N4O3S3/c1-8-4-9-5-10(23(14,19)20)2-3-11(9)17(8)12(18)6-21-13-16-15-7-22-13/h2-3,5,7-8H,4,6H2,1H3,(H2,14,19,20)/t8-/m1/s1. The molecule has 0 unspecified atom stereocenters. The first-order chi connectivity index (χ1) is 10.9. The predicted octanol–water partition coefficient (Wildman–Crippen LogP) is 1.26. The van der Waals surface area contributed by atoms with Gasteiger partial charge in [0.05, 0.1) is 10.6 Å². The number of fused-ring (bicyclic) bond motifs is 1. The fourth-order valence-electron chi connectivity index (χ4n) is 2.58. The second-order valence-corrected chi connectivity index (χ2v) is 8.76. The Kier molecular flexibility index (Phi) is 4.41. The zero-order valence-corrected chi connectivity index (χ0v) is 14.6. The Morgan fingerprint density at radius 1 is 1.52 bits per heavy atom. The van der Waals surface area contributed by atoms with Crippen LogP contribution < -0.4 is 10.0 Å². The third-order valence-electron chi connectivity index (χ3n) is 3.52. The SMILES string of the molecule is C[C@@H]1Cc2cc(S(N)(=O)=O)ccc2N1C(=O)CSc1nncs1. The van der Waals surface area contributed by atoms with Gasteiger partial charge in [0.2, 0.25) is 15.9 Å². The van der Waals surface area contributed by atoms with Crippen LogP contribution >= 0.6 is 23.1 Å². The minimum absolute atomic E-state index is 0.0248. The van der Waals surface area contributed by atoms with E-state index in [1.807, 2.05) is 6.92 Å². The van der Waals surface area contributed by atoms with Crippen molar-refractivity contribution in [2.45, 2.75) is 28.6 Å². The summed E-state index contributed by atoms with van der Waals surface area (Å²) >= 11 is 2.73. The van der Waals surface area contributed by atoms with Crippen LogP contribution in [0, 0.1) is 0 Å². The van der Waals surface area contributed by atoms with Gasteiger partial charge < -0.3 is 4.90 Å². The molecule has 0 radical (unpaired) electrons. The van der Waals surface area contributed by atoms with Crippen molar-refractivity contribution in [3.63, 3.8) is 0 Å². The van der Waals surface area contributed by atoms with E-state index in [0.717, 1.165) is 15.6 Å². The first-order valence-corrected chi connectivity index (χ1v) is 10.1. The second kappa shape index (κ2) is 6.19. The first-order valence-electron chi connectivity index (χ1n) is 6.73. The number of hydrogen-bond donors (Lipinski definition) is 1. The van der Waals surface area contributed by atoms with E-state index in [-0.39, 0.29) is 22.6 Å². The van der Waals surface area contributed by atoms with Crippen molar-refractivity contribution < 1.29 is 13.2 Å². The largest absolute Gasteiger partial charge is 0.308 e. The van der Waals surface area contributed by atoms with Gasteiger partial charge in [0.15, 0.2) is 4.34 Å². The second-order valence-electron chi connectivity index (χ2n) is 5.15. The number of carbonyl (C=O) groups excluding carboxylic acids is 1. The van der Waals surface area contributed by atoms with E-state index in [1.165, 1.54) is 29.2 Å². The molecule has 3 rings (SSSR count). The molecule has 1 aromatic carbocycles. The van der Waals surface area contributed by atoms with Crippen LogP contribution in [0.1, 0.15) is 12.5 Å². The fourth-order valence-corrected chi connectivity index (χ4v) is 4.50. The van der Waals surface area contributed by atoms with E-state index in [1.54, 1.807) is 22.5 Å². The number of thioether (sulfide) groups is 1. The molecule has 122 valence electrons. The van der Waals surface area contributed by atoms with Gasteiger partial charge in [0.25, 0.3) is 0 Å². The van der Waals surface area contributed by atoms with Gasteiger partial charge in [0, 0.05) is 11.7 Å². The van der Waals surface area contributed by atoms with Gasteiger partial charge in [-0.25, -0.2) is 13.6 Å². The summed E-state index contributed by atoms with van der Waals surface area (Å²) in [6.07, 6.45) is 0.605. The molecule has 23 heavy (non-hydrogen) atoms. The zero-order chi connectivity index (χ0) is 16.6. The monoisotopic (exact) mass is 370 g/mol. The molecule has 1 atom stereocenters. The average molecular weight is 370 g/mol. The van der Waals surface area contributed by atoms with Crippen LogP contribution in [0.4, 0.5) is 5.69 Å². The summed E-state index contributed by atoms with van der Waals surface area (Å²) in [6, 6.07) is 4.60. The quantitative estimate of drug-likeness (QED) is 0.812. The van der Waals surface area contributed by atoms with E-state index >= 15 is 0 Å². The Morgan fingerprint density at radius 3 is 2.96 bits per heavy atom. The van der Waals surface area contributed by atoms with Crippen molar-refractivity contribution in [3.05, 3.63) is 29.3 Å². The number of nitrogens with zero attached hydrogens (tertiary/aromatic N) is 3. The molecule has 10 heteroatoms. The number of carbonyl (C=O) groups is 1. The third kappa shape index (κ3) is 3.39. The number of hydrogen-bond acceptors (Lipinski definition) is 7. The van der Waals surface area contributed by atoms with Crippen molar-refractivity contribution in [1.29, 1.82) is 0 Å². The van der Waals surface area contributed by atoms with Gasteiger partial charge in [-0.05, 0) is 37.1 Å². The van der Waals surface area contributed by atoms with E-state index in [2.05, 4.69) is 10.2 Å². The number of anilines is 1. The lowest BCUT2D eigenvalue weighted by molar-refractivity contribution is -0.116. The summed E-state index contributed by atoms with van der Waals surface area (Å²) in [6.45, 7) is 1.93. The van der Waals surface area contributed by atoms with E-state index in [9.17, 15) is 13.2 Å². The van der Waals surface area contributed by atoms with Gasteiger partial charge in [-0.1, -0.05) is 23.1 Å². The molecule has 1 aliphatic heterocycles. The summed E-state index contributed by atoms with van der Waals surface area (Å²) in [5, 5.41) is 12.8. The zero-order valence-electron chi connectivity index (χ0n) is 12.2. The molecule has 0 saturated carbocycles. The van der Waals surface area contributed by atoms with Crippen LogP contribution in [-0.2, 0) is 21.2 Å². The molecule has 2 N–H and O–H groups in total. The highest BCUT2D eigenvalue weighted by molar-refractivity contribution is 8.01. The number of primary sulfonamides is 1. The molecule has 7 nitrogen and oxygen atoms in total. The first kappa shape index (κ1) is 16.4. The summed E-state index contributed by atoms with van der Waals surface area (Å²) in [7, 11) is -3.74. The fraction of sp³-hybridized carbons (Fsp3) is 0.308. The van der Waals surface area contributed by atoms with Gasteiger partial charge in [-0.15, -0.1) is 10.2 Å². The molecule has 1 aliphatic rings. The Labute approximate surface area is 142 Å². The maximum atomic E-state index is 12.5. The van der Waals surface area contributed by atoms with Gasteiger partial charge >= 0.3 is 0 Å². The van der Waals surface area contributed by atoms with E-state index in [4.69, 9.17) is 5.14 Å².